The molecular formula is C27H25F2N5O3. The van der Waals surface area contributed by atoms with Crippen LogP contribution in [0.15, 0.2) is 70.7 Å². The number of alkyl halides is 2. The molecule has 1 atom stereocenters. The van der Waals surface area contributed by atoms with Crippen LogP contribution in [0.2, 0.25) is 0 Å². The summed E-state index contributed by atoms with van der Waals surface area (Å²) in [5.74, 6) is -3.65. The molecule has 3 aromatic rings. The number of fused-ring (bicyclic) bond motifs is 5. The summed E-state index contributed by atoms with van der Waals surface area (Å²) in [4.78, 5) is 34.2. The lowest BCUT2D eigenvalue weighted by atomic mass is 10.0. The van der Waals surface area contributed by atoms with E-state index >= 15 is 0 Å². The fourth-order valence-electron chi connectivity index (χ4n) is 4.60. The number of hydrogen-bond donors (Lipinski definition) is 2. The molecule has 0 radical (unpaired) electrons. The summed E-state index contributed by atoms with van der Waals surface area (Å²) in [6.07, 6.45) is 3.19. The Morgan fingerprint density at radius 1 is 1.16 bits per heavy atom. The van der Waals surface area contributed by atoms with Crippen LogP contribution in [0.5, 0.6) is 5.75 Å². The first-order valence-corrected chi connectivity index (χ1v) is 11.8. The number of benzene rings is 2. The Morgan fingerprint density at radius 3 is 2.70 bits per heavy atom. The molecule has 10 heteroatoms. The minimum atomic E-state index is -3.29. The van der Waals surface area contributed by atoms with Crippen molar-refractivity contribution in [2.75, 3.05) is 25.5 Å². The van der Waals surface area contributed by atoms with Crippen molar-refractivity contribution in [2.45, 2.75) is 19.4 Å². The molecular weight excluding hydrogens is 480 g/mol. The molecule has 5 rings (SSSR count). The lowest BCUT2D eigenvalue weighted by Gasteiger charge is -2.19. The molecule has 2 heterocycles. The number of amides is 1. The van der Waals surface area contributed by atoms with E-state index < -0.39 is 18.0 Å². The first kappa shape index (κ1) is 24.4. The van der Waals surface area contributed by atoms with Gasteiger partial charge in [-0.2, -0.15) is 8.78 Å². The van der Waals surface area contributed by atoms with Gasteiger partial charge in [0.15, 0.2) is 5.82 Å². The summed E-state index contributed by atoms with van der Waals surface area (Å²) in [5, 5.41) is 5.32. The normalized spacial score (nSPS) is 15.6. The van der Waals surface area contributed by atoms with E-state index in [1.165, 1.54) is 36.1 Å². The van der Waals surface area contributed by atoms with E-state index in [0.29, 0.717) is 18.0 Å². The standard InChI is InChI=1S/C27H25F2N5O3/c1-16-11-32-25(33-15-27(28,29)17-6-5-7-18(10-17)37-2)26(36)34(16)14-23(35)30-13-22-21-12-31-24(22)20-9-4-3-8-19(20)21/h3-12,22H,13-15H2,1-2H3,(H,30,35)(H,32,33). The molecule has 37 heavy (non-hydrogen) atoms. The van der Waals surface area contributed by atoms with Crippen LogP contribution in [0.25, 0.3) is 5.57 Å². The highest BCUT2D eigenvalue weighted by Crippen LogP contribution is 2.41. The number of rotatable bonds is 9. The minimum Gasteiger partial charge on any atom is -0.497 e. The highest BCUT2D eigenvalue weighted by Gasteiger charge is 2.36. The molecule has 1 aliphatic heterocycles. The number of halogens is 2. The number of aryl methyl sites for hydroxylation is 1. The van der Waals surface area contributed by atoms with Gasteiger partial charge in [0.25, 0.3) is 11.5 Å². The summed E-state index contributed by atoms with van der Waals surface area (Å²) in [6, 6.07) is 13.5. The topological polar surface area (TPSA) is 97.6 Å². The predicted molar refractivity (Wildman–Crippen MR) is 136 cm³/mol. The zero-order chi connectivity index (χ0) is 26.2. The van der Waals surface area contributed by atoms with Gasteiger partial charge in [0, 0.05) is 41.7 Å². The molecule has 2 aliphatic rings. The first-order chi connectivity index (χ1) is 17.8. The average Bonchev–Trinajstić information content (AvgIpc) is 3.45. The third kappa shape index (κ3) is 4.62. The number of aromatic nitrogens is 2. The van der Waals surface area contributed by atoms with E-state index in [0.717, 1.165) is 22.4 Å². The van der Waals surface area contributed by atoms with Gasteiger partial charge < -0.3 is 15.4 Å². The number of methoxy groups -OCH3 is 1. The van der Waals surface area contributed by atoms with E-state index in [2.05, 4.69) is 20.6 Å². The Bertz CT molecular complexity index is 1460. The van der Waals surface area contributed by atoms with E-state index in [-0.39, 0.29) is 29.8 Å². The molecule has 190 valence electrons. The zero-order valence-corrected chi connectivity index (χ0v) is 20.3. The molecule has 0 spiro atoms. The van der Waals surface area contributed by atoms with Crippen molar-refractivity contribution in [1.82, 2.24) is 14.9 Å². The maximum absolute atomic E-state index is 14.8. The van der Waals surface area contributed by atoms with Crippen molar-refractivity contribution < 1.29 is 18.3 Å². The minimum absolute atomic E-state index is 0.0346. The van der Waals surface area contributed by atoms with Crippen LogP contribution >= 0.6 is 0 Å². The number of aliphatic imine (C=N–C) groups is 1. The quantitative estimate of drug-likeness (QED) is 0.465. The number of hydrogen-bond acceptors (Lipinski definition) is 6. The SMILES string of the molecule is COc1cccc(C(F)(F)CNc2ncc(C)n(CC(=O)NCC3C4=CN=C3c3ccccc34)c2=O)c1. The van der Waals surface area contributed by atoms with Gasteiger partial charge >= 0.3 is 0 Å². The summed E-state index contributed by atoms with van der Waals surface area (Å²) in [5.41, 5.74) is 3.70. The molecule has 1 aliphatic carbocycles. The average molecular weight is 506 g/mol. The van der Waals surface area contributed by atoms with Crippen molar-refractivity contribution in [3.63, 3.8) is 0 Å². The van der Waals surface area contributed by atoms with Gasteiger partial charge in [-0.25, -0.2) is 4.98 Å². The number of nitrogens with zero attached hydrogens (tertiary/aromatic N) is 3. The van der Waals surface area contributed by atoms with Gasteiger partial charge in [-0.15, -0.1) is 0 Å². The van der Waals surface area contributed by atoms with Gasteiger partial charge in [0.1, 0.15) is 12.3 Å². The molecule has 2 bridgehead atoms. The molecule has 1 aromatic heterocycles. The smallest absolute Gasteiger partial charge is 0.293 e. The molecule has 8 nitrogen and oxygen atoms in total. The molecule has 2 N–H and O–H groups in total. The van der Waals surface area contributed by atoms with Crippen LogP contribution in [0.4, 0.5) is 14.6 Å². The summed E-state index contributed by atoms with van der Waals surface area (Å²) >= 11 is 0. The van der Waals surface area contributed by atoms with Crippen molar-refractivity contribution in [1.29, 1.82) is 0 Å². The van der Waals surface area contributed by atoms with Gasteiger partial charge in [-0.05, 0) is 30.2 Å². The molecule has 1 amide bonds. The first-order valence-electron chi connectivity index (χ1n) is 11.8. The lowest BCUT2D eigenvalue weighted by Crippen LogP contribution is -2.38. The van der Waals surface area contributed by atoms with Gasteiger partial charge in [-0.3, -0.25) is 19.1 Å². The summed E-state index contributed by atoms with van der Waals surface area (Å²) in [7, 11) is 1.40. The largest absolute Gasteiger partial charge is 0.497 e. The molecule has 0 saturated heterocycles. The monoisotopic (exact) mass is 505 g/mol. The molecule has 2 aromatic carbocycles. The van der Waals surface area contributed by atoms with E-state index in [1.54, 1.807) is 13.0 Å². The summed E-state index contributed by atoms with van der Waals surface area (Å²) < 4.78 is 35.7. The second kappa shape index (κ2) is 9.61. The number of carbonyl (C=O) groups excluding carboxylic acids is 1. The van der Waals surface area contributed by atoms with Gasteiger partial charge in [0.05, 0.1) is 19.4 Å². The zero-order valence-electron chi connectivity index (χ0n) is 20.3. The third-order valence-electron chi connectivity index (χ3n) is 6.59. The molecule has 1 unspecified atom stereocenters. The Morgan fingerprint density at radius 2 is 1.95 bits per heavy atom. The van der Waals surface area contributed by atoms with Gasteiger partial charge in [-0.1, -0.05) is 36.4 Å². The van der Waals surface area contributed by atoms with E-state index in [4.69, 9.17) is 4.74 Å². The second-order valence-electron chi connectivity index (χ2n) is 8.93. The van der Waals surface area contributed by atoms with Crippen molar-refractivity contribution in [2.24, 2.45) is 10.9 Å². The van der Waals surface area contributed by atoms with Crippen LogP contribution in [-0.2, 0) is 17.3 Å². The van der Waals surface area contributed by atoms with E-state index in [9.17, 15) is 18.4 Å². The highest BCUT2D eigenvalue weighted by atomic mass is 19.3. The van der Waals surface area contributed by atoms with Crippen LogP contribution in [0, 0.1) is 12.8 Å². The Kier molecular flexibility index (Phi) is 6.32. The van der Waals surface area contributed by atoms with Crippen LogP contribution in [-0.4, -0.2) is 41.4 Å². The van der Waals surface area contributed by atoms with Gasteiger partial charge in [0.2, 0.25) is 5.91 Å². The third-order valence-corrected chi connectivity index (χ3v) is 6.59. The van der Waals surface area contributed by atoms with Crippen molar-refractivity contribution >= 4 is 23.0 Å². The fourth-order valence-corrected chi connectivity index (χ4v) is 4.60. The Labute approximate surface area is 211 Å². The number of anilines is 1. The second-order valence-corrected chi connectivity index (χ2v) is 8.93. The van der Waals surface area contributed by atoms with Crippen molar-refractivity contribution in [3.8, 4) is 5.75 Å². The van der Waals surface area contributed by atoms with Crippen LogP contribution < -0.4 is 20.9 Å². The Balaban J connectivity index is 1.23. The molecule has 0 saturated carbocycles. The number of ether oxygens (including phenoxy) is 1. The highest BCUT2D eigenvalue weighted by molar-refractivity contribution is 6.20. The van der Waals surface area contributed by atoms with E-state index in [1.807, 2.05) is 30.5 Å². The van der Waals surface area contributed by atoms with Crippen LogP contribution in [0.3, 0.4) is 0 Å². The van der Waals surface area contributed by atoms with Crippen LogP contribution in [0.1, 0.15) is 22.4 Å². The number of nitrogens with one attached hydrogen (secondary N) is 2. The Hall–Kier alpha value is -4.34. The maximum atomic E-state index is 14.8. The molecule has 0 fully saturated rings. The fraction of sp³-hybridized carbons (Fsp3) is 0.259. The lowest BCUT2D eigenvalue weighted by molar-refractivity contribution is -0.121. The van der Waals surface area contributed by atoms with Crippen molar-refractivity contribution in [3.05, 3.63) is 93.7 Å². The maximum Gasteiger partial charge on any atom is 0.293 e. The predicted octanol–water partition coefficient (Wildman–Crippen LogP) is 3.35. The number of carbonyl (C=O) groups is 1. The summed E-state index contributed by atoms with van der Waals surface area (Å²) in [6.45, 7) is 0.856.